The van der Waals surface area contributed by atoms with E-state index in [-0.39, 0.29) is 17.5 Å². The highest BCUT2D eigenvalue weighted by Crippen LogP contribution is 2.57. The van der Waals surface area contributed by atoms with Gasteiger partial charge in [0.1, 0.15) is 11.6 Å². The van der Waals surface area contributed by atoms with Gasteiger partial charge in [0.2, 0.25) is 5.91 Å². The Hall–Kier alpha value is -2.24. The van der Waals surface area contributed by atoms with Crippen molar-refractivity contribution in [3.63, 3.8) is 0 Å². The van der Waals surface area contributed by atoms with E-state index >= 15 is 0 Å². The fourth-order valence-corrected chi connectivity index (χ4v) is 4.41. The number of carbonyl (C=O) groups excluding carboxylic acids is 1. The van der Waals surface area contributed by atoms with Crippen LogP contribution in [0.2, 0.25) is 0 Å². The third kappa shape index (κ3) is 2.60. The topological polar surface area (TPSA) is 66.4 Å². The van der Waals surface area contributed by atoms with Crippen LogP contribution >= 0.6 is 0 Å². The number of benzene rings is 1. The number of halogens is 2. The van der Waals surface area contributed by atoms with E-state index in [1.807, 2.05) is 13.8 Å². The largest absolute Gasteiger partial charge is 0.481 e. The molecule has 2 aliphatic carbocycles. The summed E-state index contributed by atoms with van der Waals surface area (Å²) in [7, 11) is 0. The highest BCUT2D eigenvalue weighted by Gasteiger charge is 2.57. The molecule has 0 radical (unpaired) electrons. The lowest BCUT2D eigenvalue weighted by Gasteiger charge is -2.26. The van der Waals surface area contributed by atoms with E-state index in [2.05, 4.69) is 5.32 Å². The Kier molecular flexibility index (Phi) is 4.15. The highest BCUT2D eigenvalue weighted by molar-refractivity contribution is 5.96. The zero-order valence-electron chi connectivity index (χ0n) is 13.5. The molecule has 2 saturated carbocycles. The van der Waals surface area contributed by atoms with Gasteiger partial charge in [0.15, 0.2) is 0 Å². The van der Waals surface area contributed by atoms with Crippen molar-refractivity contribution in [3.05, 3.63) is 41.0 Å². The summed E-state index contributed by atoms with van der Waals surface area (Å²) in [5.74, 6) is -4.84. The Morgan fingerprint density at radius 1 is 1.12 bits per heavy atom. The van der Waals surface area contributed by atoms with Crippen LogP contribution in [-0.2, 0) is 9.59 Å². The van der Waals surface area contributed by atoms with Crippen molar-refractivity contribution in [2.24, 2.45) is 23.7 Å². The van der Waals surface area contributed by atoms with E-state index in [4.69, 9.17) is 0 Å². The minimum absolute atomic E-state index is 0.141. The Morgan fingerprint density at radius 2 is 1.75 bits per heavy atom. The molecule has 4 nitrogen and oxygen atoms in total. The number of amides is 1. The lowest BCUT2D eigenvalue weighted by molar-refractivity contribution is -0.148. The molecule has 0 saturated heterocycles. The second-order valence-electron chi connectivity index (χ2n) is 6.75. The van der Waals surface area contributed by atoms with Crippen LogP contribution in [0.1, 0.15) is 26.7 Å². The average molecular weight is 335 g/mol. The summed E-state index contributed by atoms with van der Waals surface area (Å²) in [4.78, 5) is 24.4. The molecule has 2 aliphatic rings. The van der Waals surface area contributed by atoms with Crippen LogP contribution in [0.5, 0.6) is 0 Å². The number of carbonyl (C=O) groups is 2. The van der Waals surface area contributed by atoms with E-state index in [0.717, 1.165) is 42.2 Å². The maximum Gasteiger partial charge on any atom is 0.307 e. The number of hydrogen-bond donors (Lipinski definition) is 2. The summed E-state index contributed by atoms with van der Waals surface area (Å²) in [5.41, 5.74) is 1.83. The van der Waals surface area contributed by atoms with Crippen LogP contribution in [-0.4, -0.2) is 17.0 Å². The monoisotopic (exact) mass is 335 g/mol. The van der Waals surface area contributed by atoms with E-state index in [1.54, 1.807) is 0 Å². The molecule has 0 spiro atoms. The summed E-state index contributed by atoms with van der Waals surface area (Å²) >= 11 is 0. The quantitative estimate of drug-likeness (QED) is 0.830. The highest BCUT2D eigenvalue weighted by atomic mass is 19.1. The van der Waals surface area contributed by atoms with Crippen LogP contribution in [0.15, 0.2) is 29.3 Å². The Morgan fingerprint density at radius 3 is 2.33 bits per heavy atom. The molecule has 2 N–H and O–H groups in total. The van der Waals surface area contributed by atoms with Gasteiger partial charge in [-0.1, -0.05) is 11.1 Å². The van der Waals surface area contributed by atoms with Crippen molar-refractivity contribution >= 4 is 17.6 Å². The molecule has 24 heavy (non-hydrogen) atoms. The molecule has 0 unspecified atom stereocenters. The first kappa shape index (κ1) is 16.6. The number of rotatable bonds is 3. The van der Waals surface area contributed by atoms with Crippen LogP contribution in [0, 0.1) is 35.3 Å². The molecule has 1 aromatic rings. The number of nitrogens with one attached hydrogen (secondary N) is 1. The number of anilines is 1. The second kappa shape index (κ2) is 6.00. The molecular weight excluding hydrogens is 316 g/mol. The third-order valence-corrected chi connectivity index (χ3v) is 5.19. The standard InChI is InChI=1S/C18H19F2NO3/c1-8(2)14-10-4-5-11(14)16(18(23)24)15(10)17(22)21-13-7-9(19)3-6-12(13)20/h3,6-7,10-11,15-16H,4-5H2,1-2H3,(H,21,22)(H,23,24)/t10-,11-,15+,16+/m1/s1. The van der Waals surface area contributed by atoms with Crippen molar-refractivity contribution in [1.82, 2.24) is 0 Å². The average Bonchev–Trinajstić information content (AvgIpc) is 3.06. The molecule has 1 aromatic carbocycles. The van der Waals surface area contributed by atoms with Crippen LogP contribution in [0.4, 0.5) is 14.5 Å². The van der Waals surface area contributed by atoms with Gasteiger partial charge in [-0.15, -0.1) is 0 Å². The van der Waals surface area contributed by atoms with E-state index in [9.17, 15) is 23.5 Å². The first-order valence-corrected chi connectivity index (χ1v) is 7.97. The summed E-state index contributed by atoms with van der Waals surface area (Å²) in [6.07, 6.45) is 1.50. The number of allylic oxidation sites excluding steroid dienone is 2. The molecule has 2 fully saturated rings. The molecule has 3 rings (SSSR count). The maximum absolute atomic E-state index is 13.8. The smallest absolute Gasteiger partial charge is 0.307 e. The van der Waals surface area contributed by atoms with E-state index < -0.39 is 35.3 Å². The zero-order valence-corrected chi connectivity index (χ0v) is 13.5. The minimum atomic E-state index is -1.01. The van der Waals surface area contributed by atoms with Gasteiger partial charge in [0, 0.05) is 6.07 Å². The Balaban J connectivity index is 1.92. The summed E-state index contributed by atoms with van der Waals surface area (Å²) < 4.78 is 27.0. The molecule has 0 aliphatic heterocycles. The predicted molar refractivity (Wildman–Crippen MR) is 84.2 cm³/mol. The summed E-state index contributed by atoms with van der Waals surface area (Å²) in [6.45, 7) is 3.85. The van der Waals surface area contributed by atoms with Crippen LogP contribution in [0.3, 0.4) is 0 Å². The number of carboxylic acid groups (broad SMARTS) is 1. The van der Waals surface area contributed by atoms with Gasteiger partial charge < -0.3 is 10.4 Å². The predicted octanol–water partition coefficient (Wildman–Crippen LogP) is 3.60. The van der Waals surface area contributed by atoms with Gasteiger partial charge in [0.05, 0.1) is 17.5 Å². The molecule has 128 valence electrons. The summed E-state index contributed by atoms with van der Waals surface area (Å²) in [6, 6.07) is 2.80. The lowest BCUT2D eigenvalue weighted by Crippen LogP contribution is -2.38. The van der Waals surface area contributed by atoms with Crippen molar-refractivity contribution in [3.8, 4) is 0 Å². The Labute approximate surface area is 138 Å². The molecule has 6 heteroatoms. The van der Waals surface area contributed by atoms with Gasteiger partial charge >= 0.3 is 5.97 Å². The third-order valence-electron chi connectivity index (χ3n) is 5.19. The number of fused-ring (bicyclic) bond motifs is 2. The normalized spacial score (nSPS) is 28.1. The number of aliphatic carboxylic acids is 1. The first-order chi connectivity index (χ1) is 11.3. The van der Waals surface area contributed by atoms with Crippen molar-refractivity contribution in [2.75, 3.05) is 5.32 Å². The molecule has 2 bridgehead atoms. The number of carboxylic acids is 1. The number of hydrogen-bond acceptors (Lipinski definition) is 2. The van der Waals surface area contributed by atoms with Crippen LogP contribution < -0.4 is 5.32 Å². The molecule has 4 atom stereocenters. The summed E-state index contributed by atoms with van der Waals surface area (Å²) in [5, 5.41) is 12.0. The van der Waals surface area contributed by atoms with Crippen molar-refractivity contribution in [2.45, 2.75) is 26.7 Å². The van der Waals surface area contributed by atoms with E-state index in [0.29, 0.717) is 0 Å². The van der Waals surface area contributed by atoms with Gasteiger partial charge in [-0.2, -0.15) is 0 Å². The van der Waals surface area contributed by atoms with Crippen molar-refractivity contribution in [1.29, 1.82) is 0 Å². The fourth-order valence-electron chi connectivity index (χ4n) is 4.41. The minimum Gasteiger partial charge on any atom is -0.481 e. The zero-order chi connectivity index (χ0) is 17.6. The lowest BCUT2D eigenvalue weighted by atomic mass is 9.78. The van der Waals surface area contributed by atoms with E-state index in [1.165, 1.54) is 0 Å². The fraction of sp³-hybridized carbons (Fsp3) is 0.444. The first-order valence-electron chi connectivity index (χ1n) is 7.97. The molecule has 0 heterocycles. The Bertz CT molecular complexity index is 740. The van der Waals surface area contributed by atoms with Crippen LogP contribution in [0.25, 0.3) is 0 Å². The van der Waals surface area contributed by atoms with Gasteiger partial charge in [-0.05, 0) is 50.7 Å². The van der Waals surface area contributed by atoms with Gasteiger partial charge in [0.25, 0.3) is 0 Å². The van der Waals surface area contributed by atoms with Crippen molar-refractivity contribution < 1.29 is 23.5 Å². The second-order valence-corrected chi connectivity index (χ2v) is 6.75. The molecule has 0 aromatic heterocycles. The SMILES string of the molecule is CC(C)=C1[C@H]2CC[C@H]1[C@H](C(=O)Nc1cc(F)ccc1F)[C@H]2C(=O)O. The maximum atomic E-state index is 13.8. The van der Waals surface area contributed by atoms with Gasteiger partial charge in [-0.25, -0.2) is 8.78 Å². The molecular formula is C18H19F2NO3. The molecule has 1 amide bonds. The van der Waals surface area contributed by atoms with Gasteiger partial charge in [-0.3, -0.25) is 9.59 Å².